The fourth-order valence-electron chi connectivity index (χ4n) is 2.47. The van der Waals surface area contributed by atoms with Crippen molar-refractivity contribution in [3.05, 3.63) is 65.2 Å². The molecular formula is C19H17ClN2O. The zero-order valence-electron chi connectivity index (χ0n) is 12.8. The minimum Gasteiger partial charge on any atom is -0.352 e. The second kappa shape index (κ2) is 6.80. The Morgan fingerprint density at radius 3 is 2.61 bits per heavy atom. The number of hydrogen-bond donors (Lipinski definition) is 1. The van der Waals surface area contributed by atoms with Gasteiger partial charge < -0.3 is 5.32 Å². The third kappa shape index (κ3) is 3.35. The summed E-state index contributed by atoms with van der Waals surface area (Å²) in [4.78, 5) is 17.2. The van der Waals surface area contributed by atoms with Gasteiger partial charge in [-0.25, -0.2) is 4.98 Å². The highest BCUT2D eigenvalue weighted by Gasteiger charge is 2.13. The average Bonchev–Trinajstić information content (AvgIpc) is 2.59. The number of amides is 1. The summed E-state index contributed by atoms with van der Waals surface area (Å²) in [7, 11) is 0. The summed E-state index contributed by atoms with van der Waals surface area (Å²) in [5.41, 5.74) is 3.15. The van der Waals surface area contributed by atoms with Gasteiger partial charge in [0.05, 0.1) is 16.8 Å². The molecule has 23 heavy (non-hydrogen) atoms. The summed E-state index contributed by atoms with van der Waals surface area (Å²) in [5.74, 6) is -0.0688. The van der Waals surface area contributed by atoms with E-state index in [0.717, 1.165) is 28.6 Å². The number of hydrogen-bond acceptors (Lipinski definition) is 2. The van der Waals surface area contributed by atoms with Gasteiger partial charge in [0.1, 0.15) is 0 Å². The standard InChI is InChI=1S/C19H17ClN2O/c1-2-11-21-19(23)16-12-18(13-7-9-14(20)10-8-13)22-17-6-4-3-5-15(16)17/h3-10,12H,2,11H2,1H3,(H,21,23). The van der Waals surface area contributed by atoms with Gasteiger partial charge in [-0.15, -0.1) is 0 Å². The molecule has 3 nitrogen and oxygen atoms in total. The number of para-hydroxylation sites is 1. The fraction of sp³-hybridized carbons (Fsp3) is 0.158. The summed E-state index contributed by atoms with van der Waals surface area (Å²) in [5, 5.41) is 4.48. The second-order valence-corrected chi connectivity index (χ2v) is 5.77. The highest BCUT2D eigenvalue weighted by molar-refractivity contribution is 6.30. The minimum absolute atomic E-state index is 0.0688. The Bertz CT molecular complexity index is 844. The fourth-order valence-corrected chi connectivity index (χ4v) is 2.59. The Morgan fingerprint density at radius 1 is 1.13 bits per heavy atom. The molecule has 0 saturated carbocycles. The van der Waals surface area contributed by atoms with Crippen LogP contribution < -0.4 is 5.32 Å². The maximum absolute atomic E-state index is 12.5. The van der Waals surface area contributed by atoms with E-state index < -0.39 is 0 Å². The number of nitrogens with zero attached hydrogens (tertiary/aromatic N) is 1. The van der Waals surface area contributed by atoms with Gasteiger partial charge in [-0.2, -0.15) is 0 Å². The zero-order valence-corrected chi connectivity index (χ0v) is 13.6. The van der Waals surface area contributed by atoms with Crippen LogP contribution in [0, 0.1) is 0 Å². The Balaban J connectivity index is 2.13. The van der Waals surface area contributed by atoms with Gasteiger partial charge in [0.25, 0.3) is 5.91 Å². The molecule has 3 rings (SSSR count). The van der Waals surface area contributed by atoms with Crippen molar-refractivity contribution in [1.82, 2.24) is 10.3 Å². The lowest BCUT2D eigenvalue weighted by Gasteiger charge is -2.10. The van der Waals surface area contributed by atoms with Crippen molar-refractivity contribution >= 4 is 28.4 Å². The smallest absolute Gasteiger partial charge is 0.252 e. The van der Waals surface area contributed by atoms with Gasteiger partial charge in [0.15, 0.2) is 0 Å². The molecule has 0 unspecified atom stereocenters. The zero-order chi connectivity index (χ0) is 16.2. The number of carbonyl (C=O) groups excluding carboxylic acids is 1. The monoisotopic (exact) mass is 324 g/mol. The summed E-state index contributed by atoms with van der Waals surface area (Å²) >= 11 is 5.95. The number of nitrogens with one attached hydrogen (secondary N) is 1. The Kier molecular flexibility index (Phi) is 4.58. The SMILES string of the molecule is CCCNC(=O)c1cc(-c2ccc(Cl)cc2)nc2ccccc12. The average molecular weight is 325 g/mol. The molecule has 1 aromatic heterocycles. The van der Waals surface area contributed by atoms with Crippen molar-refractivity contribution in [3.8, 4) is 11.3 Å². The van der Waals surface area contributed by atoms with Crippen LogP contribution in [0.3, 0.4) is 0 Å². The van der Waals surface area contributed by atoms with Gasteiger partial charge in [-0.1, -0.05) is 48.9 Å². The molecule has 0 saturated heterocycles. The number of carbonyl (C=O) groups is 1. The van der Waals surface area contributed by atoms with Gasteiger partial charge in [-0.05, 0) is 30.7 Å². The van der Waals surface area contributed by atoms with Crippen LogP contribution in [0.1, 0.15) is 23.7 Å². The lowest BCUT2D eigenvalue weighted by Crippen LogP contribution is -2.24. The van der Waals surface area contributed by atoms with E-state index in [1.165, 1.54) is 0 Å². The van der Waals surface area contributed by atoms with Crippen molar-refractivity contribution in [2.75, 3.05) is 6.54 Å². The quantitative estimate of drug-likeness (QED) is 0.756. The first-order valence-corrected chi connectivity index (χ1v) is 8.01. The molecule has 1 heterocycles. The van der Waals surface area contributed by atoms with E-state index in [0.29, 0.717) is 17.1 Å². The van der Waals surface area contributed by atoms with Gasteiger partial charge in [0.2, 0.25) is 0 Å². The van der Waals surface area contributed by atoms with E-state index in [1.807, 2.05) is 61.5 Å². The Hall–Kier alpha value is -2.39. The number of pyridine rings is 1. The number of benzene rings is 2. The molecule has 0 fully saturated rings. The third-order valence-corrected chi connectivity index (χ3v) is 3.89. The van der Waals surface area contributed by atoms with E-state index in [1.54, 1.807) is 0 Å². The van der Waals surface area contributed by atoms with Gasteiger partial charge in [-0.3, -0.25) is 4.79 Å². The minimum atomic E-state index is -0.0688. The number of halogens is 1. The molecule has 0 radical (unpaired) electrons. The molecule has 116 valence electrons. The van der Waals surface area contributed by atoms with Crippen LogP contribution >= 0.6 is 11.6 Å². The molecule has 0 spiro atoms. The summed E-state index contributed by atoms with van der Waals surface area (Å²) in [6.45, 7) is 2.69. The van der Waals surface area contributed by atoms with E-state index in [9.17, 15) is 4.79 Å². The van der Waals surface area contributed by atoms with Crippen LogP contribution in [0.4, 0.5) is 0 Å². The number of aromatic nitrogens is 1. The lowest BCUT2D eigenvalue weighted by atomic mass is 10.0. The second-order valence-electron chi connectivity index (χ2n) is 5.33. The molecule has 4 heteroatoms. The van der Waals surface area contributed by atoms with E-state index >= 15 is 0 Å². The maximum Gasteiger partial charge on any atom is 0.252 e. The molecule has 3 aromatic rings. The summed E-state index contributed by atoms with van der Waals surface area (Å²) < 4.78 is 0. The van der Waals surface area contributed by atoms with Crippen LogP contribution in [0.5, 0.6) is 0 Å². The van der Waals surface area contributed by atoms with Crippen LogP contribution in [0.25, 0.3) is 22.2 Å². The highest BCUT2D eigenvalue weighted by atomic mass is 35.5. The summed E-state index contributed by atoms with van der Waals surface area (Å²) in [6.07, 6.45) is 0.902. The predicted octanol–water partition coefficient (Wildman–Crippen LogP) is 4.70. The van der Waals surface area contributed by atoms with Crippen LogP contribution in [0.15, 0.2) is 54.6 Å². The van der Waals surface area contributed by atoms with Crippen molar-refractivity contribution in [2.45, 2.75) is 13.3 Å². The highest BCUT2D eigenvalue weighted by Crippen LogP contribution is 2.25. The third-order valence-electron chi connectivity index (χ3n) is 3.64. The van der Waals surface area contributed by atoms with Crippen molar-refractivity contribution in [1.29, 1.82) is 0 Å². The van der Waals surface area contributed by atoms with E-state index in [4.69, 9.17) is 11.6 Å². The first kappa shape index (κ1) is 15.5. The Morgan fingerprint density at radius 2 is 1.87 bits per heavy atom. The van der Waals surface area contributed by atoms with Gasteiger partial charge >= 0.3 is 0 Å². The molecule has 0 bridgehead atoms. The van der Waals surface area contributed by atoms with E-state index in [-0.39, 0.29) is 5.91 Å². The molecule has 1 amide bonds. The molecule has 0 aliphatic rings. The molecule has 1 N–H and O–H groups in total. The molecular weight excluding hydrogens is 308 g/mol. The number of rotatable bonds is 4. The molecule has 0 atom stereocenters. The lowest BCUT2D eigenvalue weighted by molar-refractivity contribution is 0.0955. The van der Waals surface area contributed by atoms with E-state index in [2.05, 4.69) is 10.3 Å². The number of fused-ring (bicyclic) bond motifs is 1. The van der Waals surface area contributed by atoms with Crippen molar-refractivity contribution in [3.63, 3.8) is 0 Å². The Labute approximate surface area is 140 Å². The maximum atomic E-state index is 12.5. The molecule has 2 aromatic carbocycles. The topological polar surface area (TPSA) is 42.0 Å². The van der Waals surface area contributed by atoms with Crippen LogP contribution in [0.2, 0.25) is 5.02 Å². The predicted molar refractivity (Wildman–Crippen MR) is 94.8 cm³/mol. The van der Waals surface area contributed by atoms with Gasteiger partial charge in [0, 0.05) is 22.5 Å². The first-order chi connectivity index (χ1) is 11.2. The summed E-state index contributed by atoms with van der Waals surface area (Å²) in [6, 6.07) is 17.0. The largest absolute Gasteiger partial charge is 0.352 e. The van der Waals surface area contributed by atoms with Crippen LogP contribution in [-0.4, -0.2) is 17.4 Å². The first-order valence-electron chi connectivity index (χ1n) is 7.63. The molecule has 0 aliphatic carbocycles. The molecule has 0 aliphatic heterocycles. The normalized spacial score (nSPS) is 10.7. The van der Waals surface area contributed by atoms with Crippen LogP contribution in [-0.2, 0) is 0 Å². The van der Waals surface area contributed by atoms with Crippen molar-refractivity contribution < 1.29 is 4.79 Å². The van der Waals surface area contributed by atoms with Crippen molar-refractivity contribution in [2.24, 2.45) is 0 Å².